The molecule has 3 aromatic rings. The molecule has 9 heteroatoms. The zero-order valence-corrected chi connectivity index (χ0v) is 18.1. The molecule has 0 radical (unpaired) electrons. The minimum absolute atomic E-state index is 0.123. The van der Waals surface area contributed by atoms with Gasteiger partial charge in [0.05, 0.1) is 15.5 Å². The molecule has 0 saturated heterocycles. The zero-order chi connectivity index (χ0) is 22.9. The molecule has 0 saturated carbocycles. The summed E-state index contributed by atoms with van der Waals surface area (Å²) in [5.74, 6) is -0.520. The predicted octanol–water partition coefficient (Wildman–Crippen LogP) is 4.30. The number of nitrogens with zero attached hydrogens (tertiary/aromatic N) is 2. The number of sulfonamides is 1. The van der Waals surface area contributed by atoms with E-state index in [4.69, 9.17) is 0 Å². The Morgan fingerprint density at radius 2 is 1.78 bits per heavy atom. The fraction of sp³-hybridized carbons (Fsp3) is 0.174. The van der Waals surface area contributed by atoms with Gasteiger partial charge in [0.15, 0.2) is 0 Å². The second kappa shape index (κ2) is 8.43. The number of anilines is 2. The van der Waals surface area contributed by atoms with E-state index in [1.165, 1.54) is 46.8 Å². The number of aryl methyl sites for hydroxylation is 2. The van der Waals surface area contributed by atoms with Crippen molar-refractivity contribution in [2.24, 2.45) is 0 Å². The molecule has 8 nitrogen and oxygen atoms in total. The van der Waals surface area contributed by atoms with Crippen LogP contribution < -0.4 is 9.62 Å². The summed E-state index contributed by atoms with van der Waals surface area (Å²) in [6.45, 7) is 2.00. The molecule has 0 spiro atoms. The lowest BCUT2D eigenvalue weighted by atomic mass is 10.0. The number of hydrogen-bond acceptors (Lipinski definition) is 5. The van der Waals surface area contributed by atoms with Crippen molar-refractivity contribution in [3.05, 3.63) is 93.5 Å². The third kappa shape index (κ3) is 4.06. The van der Waals surface area contributed by atoms with Gasteiger partial charge in [-0.05, 0) is 61.7 Å². The van der Waals surface area contributed by atoms with Crippen LogP contribution in [-0.4, -0.2) is 25.8 Å². The van der Waals surface area contributed by atoms with E-state index in [9.17, 15) is 23.3 Å². The molecular formula is C23H21N3O5S. The number of nitro benzene ring substituents is 1. The van der Waals surface area contributed by atoms with Crippen LogP contribution >= 0.6 is 0 Å². The fourth-order valence-electron chi connectivity index (χ4n) is 3.74. The molecule has 1 N–H and O–H groups in total. The average Bonchev–Trinajstić information content (AvgIpc) is 2.79. The van der Waals surface area contributed by atoms with Gasteiger partial charge < -0.3 is 5.32 Å². The van der Waals surface area contributed by atoms with Gasteiger partial charge in [0.1, 0.15) is 0 Å². The summed E-state index contributed by atoms with van der Waals surface area (Å²) < 4.78 is 27.8. The molecule has 3 aromatic carbocycles. The highest BCUT2D eigenvalue weighted by molar-refractivity contribution is 7.92. The van der Waals surface area contributed by atoms with Gasteiger partial charge in [-0.15, -0.1) is 0 Å². The topological polar surface area (TPSA) is 110 Å². The molecule has 0 fully saturated rings. The van der Waals surface area contributed by atoms with Gasteiger partial charge in [-0.2, -0.15) is 0 Å². The van der Waals surface area contributed by atoms with Crippen LogP contribution in [0.15, 0.2) is 71.6 Å². The molecular weight excluding hydrogens is 430 g/mol. The maximum atomic E-state index is 13.2. The Morgan fingerprint density at radius 3 is 2.50 bits per heavy atom. The van der Waals surface area contributed by atoms with E-state index in [1.54, 1.807) is 13.0 Å². The average molecular weight is 452 g/mol. The smallest absolute Gasteiger partial charge is 0.273 e. The van der Waals surface area contributed by atoms with Crippen LogP contribution in [-0.2, 0) is 16.4 Å². The van der Waals surface area contributed by atoms with E-state index >= 15 is 0 Å². The Hall–Kier alpha value is -3.72. The summed E-state index contributed by atoms with van der Waals surface area (Å²) in [4.78, 5) is 23.2. The maximum absolute atomic E-state index is 13.2. The van der Waals surface area contributed by atoms with Crippen molar-refractivity contribution in [2.75, 3.05) is 16.2 Å². The highest BCUT2D eigenvalue weighted by Crippen LogP contribution is 2.32. The number of amides is 1. The molecule has 164 valence electrons. The molecule has 1 aliphatic heterocycles. The van der Waals surface area contributed by atoms with Crippen molar-refractivity contribution in [2.45, 2.75) is 24.7 Å². The van der Waals surface area contributed by atoms with Crippen LogP contribution in [0.4, 0.5) is 17.1 Å². The molecule has 32 heavy (non-hydrogen) atoms. The number of rotatable bonds is 5. The Bertz CT molecular complexity index is 1300. The normalized spacial score (nSPS) is 13.3. The Morgan fingerprint density at radius 1 is 1.06 bits per heavy atom. The molecule has 4 rings (SSSR count). The Balaban J connectivity index is 1.54. The number of para-hydroxylation sites is 1. The van der Waals surface area contributed by atoms with E-state index in [2.05, 4.69) is 5.32 Å². The van der Waals surface area contributed by atoms with Crippen molar-refractivity contribution in [1.29, 1.82) is 0 Å². The highest BCUT2D eigenvalue weighted by Gasteiger charge is 2.28. The Kier molecular flexibility index (Phi) is 5.67. The van der Waals surface area contributed by atoms with Gasteiger partial charge in [0, 0.05) is 29.4 Å². The molecule has 0 atom stereocenters. The number of hydrogen-bond donors (Lipinski definition) is 1. The maximum Gasteiger partial charge on any atom is 0.273 e. The van der Waals surface area contributed by atoms with E-state index in [0.717, 1.165) is 18.4 Å². The first kappa shape index (κ1) is 21.5. The van der Waals surface area contributed by atoms with Crippen LogP contribution in [0.2, 0.25) is 0 Å². The molecule has 0 aromatic heterocycles. The third-order valence-electron chi connectivity index (χ3n) is 5.44. The van der Waals surface area contributed by atoms with Crippen LogP contribution in [0.25, 0.3) is 0 Å². The molecule has 0 bridgehead atoms. The quantitative estimate of drug-likeness (QED) is 0.459. The predicted molar refractivity (Wildman–Crippen MR) is 122 cm³/mol. The monoisotopic (exact) mass is 451 g/mol. The van der Waals surface area contributed by atoms with Crippen molar-refractivity contribution in [3.8, 4) is 0 Å². The molecule has 1 heterocycles. The van der Waals surface area contributed by atoms with Crippen LogP contribution in [0.3, 0.4) is 0 Å². The van der Waals surface area contributed by atoms with Gasteiger partial charge in [-0.25, -0.2) is 8.42 Å². The first-order valence-electron chi connectivity index (χ1n) is 10.0. The third-order valence-corrected chi connectivity index (χ3v) is 7.26. The van der Waals surface area contributed by atoms with Crippen molar-refractivity contribution in [1.82, 2.24) is 0 Å². The standard InChI is InChI=1S/C23H21N3O5S/c1-16-8-9-18(15-22(16)26(28)29)23(27)24-19-10-12-20(13-11-19)32(30,31)25-14-4-6-17-5-2-3-7-21(17)25/h2-3,5,7-13,15H,4,6,14H2,1H3,(H,24,27). The van der Waals surface area contributed by atoms with Crippen LogP contribution in [0.1, 0.15) is 27.9 Å². The van der Waals surface area contributed by atoms with E-state index in [-0.39, 0.29) is 16.1 Å². The van der Waals surface area contributed by atoms with E-state index in [1.807, 2.05) is 18.2 Å². The number of carbonyl (C=O) groups is 1. The molecule has 0 unspecified atom stereocenters. The highest BCUT2D eigenvalue weighted by atomic mass is 32.2. The number of benzene rings is 3. The van der Waals surface area contributed by atoms with E-state index in [0.29, 0.717) is 23.5 Å². The Labute approximate surface area is 185 Å². The van der Waals surface area contributed by atoms with Gasteiger partial charge in [-0.1, -0.05) is 24.3 Å². The summed E-state index contributed by atoms with van der Waals surface area (Å²) in [5, 5.41) is 13.8. The number of nitro groups is 1. The SMILES string of the molecule is Cc1ccc(C(=O)Nc2ccc(S(=O)(=O)N3CCCc4ccccc43)cc2)cc1[N+](=O)[O-]. The second-order valence-electron chi connectivity index (χ2n) is 7.55. The van der Waals surface area contributed by atoms with Crippen LogP contribution in [0, 0.1) is 17.0 Å². The summed E-state index contributed by atoms with van der Waals surface area (Å²) in [6, 6.07) is 17.6. The van der Waals surface area contributed by atoms with Gasteiger partial charge in [0.2, 0.25) is 0 Å². The lowest BCUT2D eigenvalue weighted by molar-refractivity contribution is -0.385. The van der Waals surface area contributed by atoms with Gasteiger partial charge in [0.25, 0.3) is 21.6 Å². The summed E-state index contributed by atoms with van der Waals surface area (Å²) in [7, 11) is -3.75. The van der Waals surface area contributed by atoms with Crippen molar-refractivity contribution >= 4 is 33.0 Å². The van der Waals surface area contributed by atoms with Crippen molar-refractivity contribution in [3.63, 3.8) is 0 Å². The largest absolute Gasteiger partial charge is 0.322 e. The zero-order valence-electron chi connectivity index (χ0n) is 17.3. The summed E-state index contributed by atoms with van der Waals surface area (Å²) in [6.07, 6.45) is 1.58. The van der Waals surface area contributed by atoms with E-state index < -0.39 is 20.9 Å². The second-order valence-corrected chi connectivity index (χ2v) is 9.41. The van der Waals surface area contributed by atoms with Gasteiger partial charge >= 0.3 is 0 Å². The fourth-order valence-corrected chi connectivity index (χ4v) is 5.28. The summed E-state index contributed by atoms with van der Waals surface area (Å²) >= 11 is 0. The lowest BCUT2D eigenvalue weighted by Crippen LogP contribution is -2.35. The number of carbonyl (C=O) groups excluding carboxylic acids is 1. The van der Waals surface area contributed by atoms with Crippen LogP contribution in [0.5, 0.6) is 0 Å². The summed E-state index contributed by atoms with van der Waals surface area (Å²) in [5.41, 5.74) is 2.54. The minimum Gasteiger partial charge on any atom is -0.322 e. The number of nitrogens with one attached hydrogen (secondary N) is 1. The van der Waals surface area contributed by atoms with Gasteiger partial charge in [-0.3, -0.25) is 19.2 Å². The minimum atomic E-state index is -3.75. The molecule has 0 aliphatic carbocycles. The first-order chi connectivity index (χ1) is 15.3. The number of fused-ring (bicyclic) bond motifs is 1. The molecule has 1 amide bonds. The first-order valence-corrected chi connectivity index (χ1v) is 11.5. The molecule has 1 aliphatic rings. The lowest BCUT2D eigenvalue weighted by Gasteiger charge is -2.30. The van der Waals surface area contributed by atoms with Crippen molar-refractivity contribution < 1.29 is 18.1 Å².